The molecule has 0 amide bonds. The van der Waals surface area contributed by atoms with E-state index in [2.05, 4.69) is 0 Å². The molecule has 0 aliphatic carbocycles. The fourth-order valence-electron chi connectivity index (χ4n) is 3.71. The molecule has 1 aromatic carbocycles. The van der Waals surface area contributed by atoms with Crippen molar-refractivity contribution in [3.8, 4) is 0 Å². The predicted octanol–water partition coefficient (Wildman–Crippen LogP) is 2.93. The normalized spacial score (nSPS) is 23.1. The van der Waals surface area contributed by atoms with Crippen molar-refractivity contribution >= 4 is 12.3 Å². The molecule has 1 N–H and O–H groups in total. The third kappa shape index (κ3) is 3.78. The monoisotopic (exact) mass is 321 g/mol. The number of carboxylic acid groups (broad SMARTS) is 1. The van der Waals surface area contributed by atoms with Crippen molar-refractivity contribution in [2.75, 3.05) is 13.1 Å². The molecule has 3 unspecified atom stereocenters. The number of hydrogen-bond acceptors (Lipinski definition) is 3. The summed E-state index contributed by atoms with van der Waals surface area (Å²) >= 11 is 0. The van der Waals surface area contributed by atoms with Gasteiger partial charge in [-0.15, -0.1) is 0 Å². The highest BCUT2D eigenvalue weighted by Crippen LogP contribution is 2.35. The van der Waals surface area contributed by atoms with Gasteiger partial charge in [0.15, 0.2) is 0 Å². The van der Waals surface area contributed by atoms with Crippen molar-refractivity contribution in [3.05, 3.63) is 35.6 Å². The number of nitrogens with zero attached hydrogens (tertiary/aromatic N) is 1. The molecule has 1 heterocycles. The number of aliphatic carboxylic acids is 1. The van der Waals surface area contributed by atoms with Gasteiger partial charge in [-0.3, -0.25) is 9.69 Å². The number of likely N-dealkylation sites (tertiary alicyclic amines) is 1. The van der Waals surface area contributed by atoms with E-state index in [-0.39, 0.29) is 23.6 Å². The molecule has 1 aliphatic heterocycles. The van der Waals surface area contributed by atoms with Crippen molar-refractivity contribution in [3.63, 3.8) is 0 Å². The summed E-state index contributed by atoms with van der Waals surface area (Å²) in [6.07, 6.45) is 2.43. The number of rotatable bonds is 7. The Morgan fingerprint density at radius 3 is 2.61 bits per heavy atom. The van der Waals surface area contributed by atoms with Gasteiger partial charge in [0.2, 0.25) is 0 Å². The van der Waals surface area contributed by atoms with Crippen LogP contribution >= 0.6 is 0 Å². The lowest BCUT2D eigenvalue weighted by Crippen LogP contribution is -2.45. The zero-order valence-electron chi connectivity index (χ0n) is 13.6. The van der Waals surface area contributed by atoms with Gasteiger partial charge in [-0.2, -0.15) is 0 Å². The lowest BCUT2D eigenvalue weighted by molar-refractivity contribution is -0.145. The number of benzene rings is 1. The van der Waals surface area contributed by atoms with E-state index in [1.54, 1.807) is 12.1 Å². The fraction of sp³-hybridized carbons (Fsp3) is 0.556. The van der Waals surface area contributed by atoms with Crippen LogP contribution in [0.4, 0.5) is 4.39 Å². The molecule has 3 atom stereocenters. The van der Waals surface area contributed by atoms with E-state index in [0.717, 1.165) is 24.7 Å². The summed E-state index contributed by atoms with van der Waals surface area (Å²) in [7, 11) is 0. The number of carbonyl (C=O) groups is 2. The Bertz CT molecular complexity index is 559. The average Bonchev–Trinajstić information content (AvgIpc) is 2.95. The van der Waals surface area contributed by atoms with Crippen molar-refractivity contribution in [1.82, 2.24) is 4.90 Å². The highest BCUT2D eigenvalue weighted by molar-refractivity contribution is 5.74. The minimum atomic E-state index is -0.844. The van der Waals surface area contributed by atoms with Crippen LogP contribution in [0, 0.1) is 17.7 Å². The second kappa shape index (κ2) is 7.68. The first kappa shape index (κ1) is 17.6. The van der Waals surface area contributed by atoms with Crippen LogP contribution in [0.15, 0.2) is 24.3 Å². The molecule has 1 fully saturated rings. The summed E-state index contributed by atoms with van der Waals surface area (Å²) in [5.41, 5.74) is 0.762. The molecule has 0 radical (unpaired) electrons. The fourth-order valence-corrected chi connectivity index (χ4v) is 3.71. The minimum absolute atomic E-state index is 0.0473. The SMILES string of the molecule is CCC(CC)C(C(=O)O)N1CC(C=O)C(c2cccc(F)c2)C1. The average molecular weight is 321 g/mol. The highest BCUT2D eigenvalue weighted by Gasteiger charge is 2.41. The molecule has 4 nitrogen and oxygen atoms in total. The van der Waals surface area contributed by atoms with Crippen LogP contribution in [0.1, 0.15) is 38.2 Å². The van der Waals surface area contributed by atoms with Crippen molar-refractivity contribution in [2.24, 2.45) is 11.8 Å². The van der Waals surface area contributed by atoms with E-state index >= 15 is 0 Å². The third-order valence-corrected chi connectivity index (χ3v) is 4.99. The van der Waals surface area contributed by atoms with Crippen molar-refractivity contribution < 1.29 is 19.1 Å². The van der Waals surface area contributed by atoms with Crippen molar-refractivity contribution in [2.45, 2.75) is 38.6 Å². The number of hydrogen-bond donors (Lipinski definition) is 1. The molecule has 1 saturated heterocycles. The van der Waals surface area contributed by atoms with Crippen LogP contribution < -0.4 is 0 Å². The summed E-state index contributed by atoms with van der Waals surface area (Å²) < 4.78 is 13.5. The standard InChI is InChI=1S/C18H24FNO3/c1-3-12(4-2)17(18(22)23)20-9-14(11-21)16(10-20)13-6-5-7-15(19)8-13/h5-8,11-12,14,16-17H,3-4,9-10H2,1-2H3,(H,22,23). The lowest BCUT2D eigenvalue weighted by Gasteiger charge is -2.30. The molecule has 0 saturated carbocycles. The maximum Gasteiger partial charge on any atom is 0.321 e. The van der Waals surface area contributed by atoms with Gasteiger partial charge in [0.25, 0.3) is 0 Å². The predicted molar refractivity (Wildman–Crippen MR) is 85.8 cm³/mol. The largest absolute Gasteiger partial charge is 0.480 e. The van der Waals surface area contributed by atoms with E-state index in [4.69, 9.17) is 0 Å². The summed E-state index contributed by atoms with van der Waals surface area (Å²) in [5, 5.41) is 9.64. The summed E-state index contributed by atoms with van der Waals surface area (Å²) in [4.78, 5) is 25.1. The number of carbonyl (C=O) groups excluding carboxylic acids is 1. The van der Waals surface area contributed by atoms with E-state index in [9.17, 15) is 19.1 Å². The molecule has 2 rings (SSSR count). The van der Waals surface area contributed by atoms with Crippen LogP contribution in [0.2, 0.25) is 0 Å². The van der Waals surface area contributed by atoms with Crippen molar-refractivity contribution in [1.29, 1.82) is 0 Å². The van der Waals surface area contributed by atoms with Gasteiger partial charge >= 0.3 is 5.97 Å². The number of carboxylic acids is 1. The first-order valence-electron chi connectivity index (χ1n) is 8.19. The Morgan fingerprint density at radius 2 is 2.09 bits per heavy atom. The first-order valence-corrected chi connectivity index (χ1v) is 8.19. The summed E-state index contributed by atoms with van der Waals surface area (Å²) in [6.45, 7) is 4.86. The third-order valence-electron chi connectivity index (χ3n) is 4.99. The molecule has 0 bridgehead atoms. The topological polar surface area (TPSA) is 57.6 Å². The molecular weight excluding hydrogens is 297 g/mol. The quantitative estimate of drug-likeness (QED) is 0.785. The van der Waals surface area contributed by atoms with E-state index in [0.29, 0.717) is 13.1 Å². The Kier molecular flexibility index (Phi) is 5.88. The van der Waals surface area contributed by atoms with Crippen LogP contribution in [-0.2, 0) is 9.59 Å². The Hall–Kier alpha value is -1.75. The maximum absolute atomic E-state index is 13.5. The number of aldehydes is 1. The Morgan fingerprint density at radius 1 is 1.39 bits per heavy atom. The molecule has 23 heavy (non-hydrogen) atoms. The molecule has 1 aromatic rings. The molecular formula is C18H24FNO3. The smallest absolute Gasteiger partial charge is 0.321 e. The van der Waals surface area contributed by atoms with Crippen LogP contribution in [0.3, 0.4) is 0 Å². The summed E-state index contributed by atoms with van der Waals surface area (Å²) in [6, 6.07) is 5.66. The highest BCUT2D eigenvalue weighted by atomic mass is 19.1. The Balaban J connectivity index is 2.26. The van der Waals surface area contributed by atoms with Crippen LogP contribution in [0.25, 0.3) is 0 Å². The van der Waals surface area contributed by atoms with Crippen LogP contribution in [0.5, 0.6) is 0 Å². The van der Waals surface area contributed by atoms with Gasteiger partial charge in [0.05, 0.1) is 0 Å². The minimum Gasteiger partial charge on any atom is -0.480 e. The maximum atomic E-state index is 13.5. The van der Waals surface area contributed by atoms with E-state index in [1.165, 1.54) is 12.1 Å². The van der Waals surface area contributed by atoms with Gasteiger partial charge in [-0.25, -0.2) is 4.39 Å². The Labute approximate surface area is 136 Å². The second-order valence-corrected chi connectivity index (χ2v) is 6.27. The van der Waals surface area contributed by atoms with Crippen LogP contribution in [-0.4, -0.2) is 41.4 Å². The van der Waals surface area contributed by atoms with Gasteiger partial charge < -0.3 is 9.90 Å². The molecule has 126 valence electrons. The zero-order valence-corrected chi connectivity index (χ0v) is 13.6. The lowest BCUT2D eigenvalue weighted by atomic mass is 9.90. The number of halogens is 1. The molecule has 5 heteroatoms. The first-order chi connectivity index (χ1) is 11.0. The van der Waals surface area contributed by atoms with Gasteiger partial charge in [0, 0.05) is 24.9 Å². The van der Waals surface area contributed by atoms with E-state index < -0.39 is 12.0 Å². The molecule has 1 aliphatic rings. The van der Waals surface area contributed by atoms with Gasteiger partial charge in [-0.1, -0.05) is 38.8 Å². The molecule has 0 spiro atoms. The second-order valence-electron chi connectivity index (χ2n) is 6.27. The summed E-state index contributed by atoms with van der Waals surface area (Å²) in [5.74, 6) is -1.58. The molecule has 0 aromatic heterocycles. The van der Waals surface area contributed by atoms with E-state index in [1.807, 2.05) is 18.7 Å². The zero-order chi connectivity index (χ0) is 17.0. The van der Waals surface area contributed by atoms with Gasteiger partial charge in [0.1, 0.15) is 18.1 Å². The van der Waals surface area contributed by atoms with Gasteiger partial charge in [-0.05, 0) is 23.6 Å².